The number of nitrogens with one attached hydrogen (secondary N) is 2. The van der Waals surface area contributed by atoms with Gasteiger partial charge in [0.05, 0.1) is 0 Å². The highest BCUT2D eigenvalue weighted by Crippen LogP contribution is 2.10. The summed E-state index contributed by atoms with van der Waals surface area (Å²) in [7, 11) is 1.43. The number of carbonyl (C=O) groups is 2. The van der Waals surface area contributed by atoms with Gasteiger partial charge in [-0.1, -0.05) is 0 Å². The van der Waals surface area contributed by atoms with Crippen LogP contribution in [-0.4, -0.2) is 25.7 Å². The maximum Gasteiger partial charge on any atom is 0.407 e. The van der Waals surface area contributed by atoms with Gasteiger partial charge in [-0.2, -0.15) is 0 Å². The molecule has 1 aromatic rings. The molecule has 2 amide bonds. The van der Waals surface area contributed by atoms with E-state index in [1.807, 2.05) is 12.1 Å². The van der Waals surface area contributed by atoms with Crippen LogP contribution < -0.4 is 10.6 Å². The first-order valence-electron chi connectivity index (χ1n) is 4.51. The van der Waals surface area contributed by atoms with E-state index in [4.69, 9.17) is 0 Å². The molecule has 2 N–H and O–H groups in total. The maximum atomic E-state index is 11.3. The summed E-state index contributed by atoms with van der Waals surface area (Å²) < 4.78 is 5.67. The van der Waals surface area contributed by atoms with Gasteiger partial charge >= 0.3 is 6.09 Å². The van der Waals surface area contributed by atoms with Gasteiger partial charge in [0, 0.05) is 16.3 Å². The SMILES string of the molecule is CNC(=O)OCC(=O)Nc1ccc(I)cc1. The van der Waals surface area contributed by atoms with Crippen LogP contribution in [0.1, 0.15) is 0 Å². The number of anilines is 1. The van der Waals surface area contributed by atoms with E-state index < -0.39 is 6.09 Å². The molecule has 1 aromatic carbocycles. The highest BCUT2D eigenvalue weighted by atomic mass is 127. The maximum absolute atomic E-state index is 11.3. The van der Waals surface area contributed by atoms with Gasteiger partial charge in [-0.3, -0.25) is 4.79 Å². The van der Waals surface area contributed by atoms with Gasteiger partial charge in [-0.05, 0) is 46.9 Å². The Balaban J connectivity index is 2.40. The van der Waals surface area contributed by atoms with Crippen LogP contribution in [0, 0.1) is 3.57 Å². The van der Waals surface area contributed by atoms with Crippen LogP contribution in [0.3, 0.4) is 0 Å². The van der Waals surface area contributed by atoms with Crippen molar-refractivity contribution >= 4 is 40.3 Å². The summed E-state index contributed by atoms with van der Waals surface area (Å²) >= 11 is 2.17. The van der Waals surface area contributed by atoms with Gasteiger partial charge < -0.3 is 15.4 Å². The topological polar surface area (TPSA) is 67.4 Å². The van der Waals surface area contributed by atoms with Crippen molar-refractivity contribution < 1.29 is 14.3 Å². The predicted octanol–water partition coefficient (Wildman–Crippen LogP) is 1.59. The molecule has 1 rings (SSSR count). The average molecular weight is 334 g/mol. The first-order valence-corrected chi connectivity index (χ1v) is 5.59. The zero-order valence-electron chi connectivity index (χ0n) is 8.62. The Labute approximate surface area is 107 Å². The van der Waals surface area contributed by atoms with Crippen LogP contribution >= 0.6 is 22.6 Å². The molecule has 0 saturated heterocycles. The summed E-state index contributed by atoms with van der Waals surface area (Å²) in [6, 6.07) is 7.30. The molecule has 0 aliphatic carbocycles. The molecular formula is C10H11IN2O3. The summed E-state index contributed by atoms with van der Waals surface area (Å²) in [6.07, 6.45) is -0.627. The molecule has 0 aliphatic heterocycles. The Morgan fingerprint density at radius 1 is 1.31 bits per heavy atom. The molecular weight excluding hydrogens is 323 g/mol. The molecule has 0 radical (unpaired) electrons. The van der Waals surface area contributed by atoms with Gasteiger partial charge in [-0.25, -0.2) is 4.79 Å². The molecule has 86 valence electrons. The van der Waals surface area contributed by atoms with Crippen molar-refractivity contribution in [3.8, 4) is 0 Å². The van der Waals surface area contributed by atoms with Crippen LogP contribution in [0.5, 0.6) is 0 Å². The molecule has 0 aliphatic rings. The Kier molecular flexibility index (Phi) is 5.03. The third-order valence-corrected chi connectivity index (χ3v) is 2.39. The summed E-state index contributed by atoms with van der Waals surface area (Å²) in [5, 5.41) is 4.85. The second kappa shape index (κ2) is 6.31. The summed E-state index contributed by atoms with van der Waals surface area (Å²) in [4.78, 5) is 22.0. The number of alkyl carbamates (subject to hydrolysis) is 1. The fraction of sp³-hybridized carbons (Fsp3) is 0.200. The first kappa shape index (κ1) is 12.8. The van der Waals surface area contributed by atoms with Crippen LogP contribution in [0.4, 0.5) is 10.5 Å². The number of amides is 2. The van der Waals surface area contributed by atoms with E-state index in [9.17, 15) is 9.59 Å². The van der Waals surface area contributed by atoms with E-state index in [0.29, 0.717) is 5.69 Å². The normalized spacial score (nSPS) is 9.38. The first-order chi connectivity index (χ1) is 7.61. The molecule has 0 bridgehead atoms. The molecule has 0 saturated carbocycles. The van der Waals surface area contributed by atoms with E-state index in [2.05, 4.69) is 38.0 Å². The lowest BCUT2D eigenvalue weighted by molar-refractivity contribution is -0.118. The Morgan fingerprint density at radius 3 is 2.50 bits per heavy atom. The average Bonchev–Trinajstić information content (AvgIpc) is 2.29. The van der Waals surface area contributed by atoms with Crippen LogP contribution in [0.2, 0.25) is 0 Å². The number of rotatable bonds is 3. The van der Waals surface area contributed by atoms with Crippen LogP contribution in [-0.2, 0) is 9.53 Å². The van der Waals surface area contributed by atoms with E-state index in [1.54, 1.807) is 12.1 Å². The zero-order valence-corrected chi connectivity index (χ0v) is 10.8. The third kappa shape index (κ3) is 4.47. The molecule has 16 heavy (non-hydrogen) atoms. The number of hydrogen-bond donors (Lipinski definition) is 2. The molecule has 0 fully saturated rings. The lowest BCUT2D eigenvalue weighted by atomic mass is 10.3. The smallest absolute Gasteiger partial charge is 0.407 e. The van der Waals surface area contributed by atoms with Gasteiger partial charge in [0.25, 0.3) is 5.91 Å². The summed E-state index contributed by atoms with van der Waals surface area (Å²) in [5.74, 6) is -0.371. The molecule has 5 nitrogen and oxygen atoms in total. The van der Waals surface area contributed by atoms with Gasteiger partial charge in [-0.15, -0.1) is 0 Å². The Bertz CT molecular complexity index is 378. The monoisotopic (exact) mass is 334 g/mol. The molecule has 0 spiro atoms. The van der Waals surface area contributed by atoms with Crippen molar-refractivity contribution in [2.75, 3.05) is 19.0 Å². The lowest BCUT2D eigenvalue weighted by Crippen LogP contribution is -2.25. The standard InChI is InChI=1S/C10H11IN2O3/c1-12-10(15)16-6-9(14)13-8-4-2-7(11)3-5-8/h2-5H,6H2,1H3,(H,12,15)(H,13,14). The number of benzene rings is 1. The molecule has 0 atom stereocenters. The second-order valence-corrected chi connectivity index (χ2v) is 4.13. The number of hydrogen-bond acceptors (Lipinski definition) is 3. The highest BCUT2D eigenvalue weighted by Gasteiger charge is 2.05. The minimum atomic E-state index is -0.627. The van der Waals surface area contributed by atoms with Crippen molar-refractivity contribution in [1.82, 2.24) is 5.32 Å². The minimum Gasteiger partial charge on any atom is -0.439 e. The lowest BCUT2D eigenvalue weighted by Gasteiger charge is -2.05. The van der Waals surface area contributed by atoms with Gasteiger partial charge in [0.2, 0.25) is 0 Å². The highest BCUT2D eigenvalue weighted by molar-refractivity contribution is 14.1. The van der Waals surface area contributed by atoms with Crippen LogP contribution in [0.25, 0.3) is 0 Å². The largest absolute Gasteiger partial charge is 0.439 e. The second-order valence-electron chi connectivity index (χ2n) is 2.88. The van der Waals surface area contributed by atoms with Crippen molar-refractivity contribution in [3.63, 3.8) is 0 Å². The Hall–Kier alpha value is -1.31. The number of ether oxygens (including phenoxy) is 1. The predicted molar refractivity (Wildman–Crippen MR) is 68.2 cm³/mol. The quantitative estimate of drug-likeness (QED) is 0.825. The van der Waals surface area contributed by atoms with Crippen LogP contribution in [0.15, 0.2) is 24.3 Å². The number of carbonyl (C=O) groups excluding carboxylic acids is 2. The van der Waals surface area contributed by atoms with Gasteiger partial charge in [0.15, 0.2) is 6.61 Å². The minimum absolute atomic E-state index is 0.300. The van der Waals surface area contributed by atoms with Gasteiger partial charge in [0.1, 0.15) is 0 Å². The third-order valence-electron chi connectivity index (χ3n) is 1.67. The fourth-order valence-electron chi connectivity index (χ4n) is 0.934. The molecule has 0 unspecified atom stereocenters. The molecule has 0 heterocycles. The summed E-state index contributed by atoms with van der Waals surface area (Å²) in [5.41, 5.74) is 0.672. The van der Waals surface area contributed by atoms with Crippen molar-refractivity contribution in [2.45, 2.75) is 0 Å². The van der Waals surface area contributed by atoms with E-state index >= 15 is 0 Å². The fourth-order valence-corrected chi connectivity index (χ4v) is 1.29. The van der Waals surface area contributed by atoms with Crippen molar-refractivity contribution in [3.05, 3.63) is 27.8 Å². The van der Waals surface area contributed by atoms with E-state index in [0.717, 1.165) is 3.57 Å². The van der Waals surface area contributed by atoms with Crippen molar-refractivity contribution in [1.29, 1.82) is 0 Å². The summed E-state index contributed by atoms with van der Waals surface area (Å²) in [6.45, 7) is -0.300. The van der Waals surface area contributed by atoms with E-state index in [1.165, 1.54) is 7.05 Å². The molecule has 6 heteroatoms. The Morgan fingerprint density at radius 2 is 1.94 bits per heavy atom. The van der Waals surface area contributed by atoms with E-state index in [-0.39, 0.29) is 12.5 Å². The van der Waals surface area contributed by atoms with Crippen molar-refractivity contribution in [2.24, 2.45) is 0 Å². The number of halogens is 1. The molecule has 0 aromatic heterocycles. The zero-order chi connectivity index (χ0) is 12.0.